The molecule has 2 N–H and O–H groups in total. The SMILES string of the molecule is Cc1nc2ccc(C3=CCC4C3(C)CCC3(F)C=C5C(O)C(O)C(N(C)C)CC56CCC43O6)cc2o1. The average Bonchev–Trinajstić information content (AvgIpc) is 3.49. The number of likely N-dealkylation sites (N-methyl/N-ethyl adjacent to an activating group) is 1. The Bertz CT molecular complexity index is 1330. The zero-order chi connectivity index (χ0) is 25.3. The second-order valence-corrected chi connectivity index (χ2v) is 12.4. The second-order valence-electron chi connectivity index (χ2n) is 12.4. The van der Waals surface area contributed by atoms with E-state index in [9.17, 15) is 10.2 Å². The Morgan fingerprint density at radius 2 is 1.94 bits per heavy atom. The summed E-state index contributed by atoms with van der Waals surface area (Å²) in [4.78, 5) is 6.39. The normalized spacial score (nSPS) is 45.3. The van der Waals surface area contributed by atoms with Crippen molar-refractivity contribution < 1.29 is 23.8 Å². The zero-order valence-corrected chi connectivity index (χ0v) is 21.4. The number of hydrogen-bond donors (Lipinski definition) is 2. The van der Waals surface area contributed by atoms with E-state index in [-0.39, 0.29) is 17.4 Å². The maximum atomic E-state index is 17.1. The zero-order valence-electron chi connectivity index (χ0n) is 21.4. The van der Waals surface area contributed by atoms with Crippen LogP contribution in [0.1, 0.15) is 56.9 Å². The number of fused-ring (bicyclic) bond motifs is 2. The van der Waals surface area contributed by atoms with Crippen LogP contribution in [0.15, 0.2) is 40.3 Å². The maximum Gasteiger partial charge on any atom is 0.192 e. The third-order valence-electron chi connectivity index (χ3n) is 10.4. The first-order chi connectivity index (χ1) is 17.0. The summed E-state index contributed by atoms with van der Waals surface area (Å²) in [5.74, 6) is 0.639. The molecule has 3 heterocycles. The molecule has 7 rings (SSSR count). The van der Waals surface area contributed by atoms with Crippen LogP contribution in [0.5, 0.6) is 0 Å². The molecule has 2 saturated carbocycles. The number of aryl methyl sites for hydroxylation is 1. The quantitative estimate of drug-likeness (QED) is 0.605. The summed E-state index contributed by atoms with van der Waals surface area (Å²) < 4.78 is 30.0. The van der Waals surface area contributed by atoms with Crippen LogP contribution in [0.25, 0.3) is 16.7 Å². The van der Waals surface area contributed by atoms with Crippen molar-refractivity contribution in [3.8, 4) is 0 Å². The molecule has 1 saturated heterocycles. The summed E-state index contributed by atoms with van der Waals surface area (Å²) in [5.41, 5.74) is 0.979. The van der Waals surface area contributed by atoms with E-state index in [4.69, 9.17) is 9.15 Å². The van der Waals surface area contributed by atoms with Crippen molar-refractivity contribution >= 4 is 16.7 Å². The van der Waals surface area contributed by atoms with Gasteiger partial charge in [-0.05, 0) is 93.0 Å². The van der Waals surface area contributed by atoms with Crippen LogP contribution in [0.3, 0.4) is 0 Å². The van der Waals surface area contributed by atoms with Crippen molar-refractivity contribution in [2.24, 2.45) is 11.3 Å². The van der Waals surface area contributed by atoms with E-state index in [1.807, 2.05) is 32.0 Å². The number of nitrogens with zero attached hydrogens (tertiary/aromatic N) is 2. The molecule has 5 aliphatic rings. The summed E-state index contributed by atoms with van der Waals surface area (Å²) in [6.45, 7) is 4.13. The molecule has 2 spiro atoms. The Morgan fingerprint density at radius 3 is 2.72 bits per heavy atom. The summed E-state index contributed by atoms with van der Waals surface area (Å²) in [6, 6.07) is 5.94. The molecule has 8 unspecified atom stereocenters. The fourth-order valence-corrected chi connectivity index (χ4v) is 8.64. The van der Waals surface area contributed by atoms with E-state index < -0.39 is 29.1 Å². The van der Waals surface area contributed by atoms with Crippen molar-refractivity contribution in [2.45, 2.75) is 87.5 Å². The van der Waals surface area contributed by atoms with Gasteiger partial charge in [0.15, 0.2) is 17.1 Å². The molecule has 1 aromatic heterocycles. The van der Waals surface area contributed by atoms with E-state index >= 15 is 4.39 Å². The predicted octanol–water partition coefficient (Wildman–Crippen LogP) is 4.33. The van der Waals surface area contributed by atoms with E-state index in [1.54, 1.807) is 6.08 Å². The lowest BCUT2D eigenvalue weighted by molar-refractivity contribution is -0.239. The van der Waals surface area contributed by atoms with Crippen LogP contribution in [0.4, 0.5) is 4.39 Å². The molecule has 8 atom stereocenters. The van der Waals surface area contributed by atoms with E-state index in [1.165, 1.54) is 5.57 Å². The molecule has 36 heavy (non-hydrogen) atoms. The van der Waals surface area contributed by atoms with Gasteiger partial charge in [-0.25, -0.2) is 9.37 Å². The molecule has 7 heteroatoms. The molecule has 3 fully saturated rings. The summed E-state index contributed by atoms with van der Waals surface area (Å²) >= 11 is 0. The van der Waals surface area contributed by atoms with Crippen LogP contribution in [-0.2, 0) is 4.74 Å². The summed E-state index contributed by atoms with van der Waals surface area (Å²) in [7, 11) is 3.83. The largest absolute Gasteiger partial charge is 0.441 e. The number of aliphatic hydroxyl groups is 2. The van der Waals surface area contributed by atoms with Crippen LogP contribution < -0.4 is 0 Å². The third kappa shape index (κ3) is 2.67. The molecular weight excluding hydrogens is 459 g/mol. The van der Waals surface area contributed by atoms with Gasteiger partial charge in [-0.3, -0.25) is 0 Å². The number of rotatable bonds is 2. The minimum absolute atomic E-state index is 0.00937. The van der Waals surface area contributed by atoms with Crippen molar-refractivity contribution in [1.29, 1.82) is 0 Å². The Labute approximate surface area is 210 Å². The van der Waals surface area contributed by atoms with Gasteiger partial charge >= 0.3 is 0 Å². The highest BCUT2D eigenvalue weighted by Gasteiger charge is 2.74. The Morgan fingerprint density at radius 1 is 1.14 bits per heavy atom. The Balaban J connectivity index is 1.30. The Hall–Kier alpha value is -2.06. The van der Waals surface area contributed by atoms with Gasteiger partial charge in [0.25, 0.3) is 0 Å². The number of aromatic nitrogens is 1. The van der Waals surface area contributed by atoms with Gasteiger partial charge in [0.05, 0.1) is 11.7 Å². The number of oxazole rings is 1. The smallest absolute Gasteiger partial charge is 0.192 e. The van der Waals surface area contributed by atoms with E-state index in [2.05, 4.69) is 30.1 Å². The minimum atomic E-state index is -1.66. The Kier molecular flexibility index (Phi) is 4.53. The molecule has 3 aliphatic carbocycles. The highest BCUT2D eigenvalue weighted by atomic mass is 19.1. The molecule has 0 amide bonds. The van der Waals surface area contributed by atoms with Gasteiger partial charge in [-0.1, -0.05) is 19.1 Å². The summed E-state index contributed by atoms with van der Waals surface area (Å²) in [6.07, 6.45) is 5.53. The highest BCUT2D eigenvalue weighted by Crippen LogP contribution is 2.71. The topological polar surface area (TPSA) is 79.0 Å². The number of ether oxygens (including phenoxy) is 1. The monoisotopic (exact) mass is 494 g/mol. The molecule has 1 aromatic carbocycles. The van der Waals surface area contributed by atoms with E-state index in [0.29, 0.717) is 43.6 Å². The molecule has 2 aliphatic heterocycles. The average molecular weight is 495 g/mol. The summed E-state index contributed by atoms with van der Waals surface area (Å²) in [5, 5.41) is 22.0. The van der Waals surface area contributed by atoms with Crippen molar-refractivity contribution in [3.63, 3.8) is 0 Å². The van der Waals surface area contributed by atoms with Crippen LogP contribution in [0.2, 0.25) is 0 Å². The van der Waals surface area contributed by atoms with Crippen LogP contribution >= 0.6 is 0 Å². The third-order valence-corrected chi connectivity index (χ3v) is 10.4. The standard InChI is InChI=1S/C29H35FN2O4/c1-16-31-20-7-5-17(13-22(20)35-16)18-6-8-23-26(18,2)9-11-28(30)14-19-24(33)25(34)21(32(3)4)15-27(19)10-12-29(23,28)36-27/h5-7,13-14,21,23-25,33-34H,8-12,15H2,1-4H3. The lowest BCUT2D eigenvalue weighted by Gasteiger charge is -2.60. The number of hydrogen-bond acceptors (Lipinski definition) is 6. The number of allylic oxidation sites excluding steroid dienone is 2. The lowest BCUT2D eigenvalue weighted by atomic mass is 9.53. The van der Waals surface area contributed by atoms with Crippen molar-refractivity contribution in [1.82, 2.24) is 9.88 Å². The van der Waals surface area contributed by atoms with E-state index in [0.717, 1.165) is 23.1 Å². The molecule has 192 valence electrons. The molecule has 2 bridgehead atoms. The first kappa shape index (κ1) is 23.1. The fourth-order valence-electron chi connectivity index (χ4n) is 8.64. The van der Waals surface area contributed by atoms with Crippen molar-refractivity contribution in [3.05, 3.63) is 47.4 Å². The fraction of sp³-hybridized carbons (Fsp3) is 0.621. The van der Waals surface area contributed by atoms with Gasteiger partial charge in [0.2, 0.25) is 0 Å². The number of benzene rings is 1. The minimum Gasteiger partial charge on any atom is -0.441 e. The number of alkyl halides is 1. The molecular formula is C29H35FN2O4. The number of aliphatic hydroxyl groups excluding tert-OH is 2. The van der Waals surface area contributed by atoms with Gasteiger partial charge in [0, 0.05) is 18.9 Å². The van der Waals surface area contributed by atoms with Gasteiger partial charge in [-0.2, -0.15) is 0 Å². The van der Waals surface area contributed by atoms with Gasteiger partial charge < -0.3 is 24.3 Å². The van der Waals surface area contributed by atoms with Crippen molar-refractivity contribution in [2.75, 3.05) is 14.1 Å². The first-order valence-electron chi connectivity index (χ1n) is 13.3. The van der Waals surface area contributed by atoms with Crippen LogP contribution in [0, 0.1) is 18.3 Å². The van der Waals surface area contributed by atoms with Gasteiger partial charge in [0.1, 0.15) is 17.2 Å². The first-order valence-corrected chi connectivity index (χ1v) is 13.3. The lowest BCUT2D eigenvalue weighted by Crippen LogP contribution is -2.68. The maximum absolute atomic E-state index is 17.1. The molecule has 6 nitrogen and oxygen atoms in total. The second kappa shape index (κ2) is 7.07. The number of halogens is 1. The van der Waals surface area contributed by atoms with Gasteiger partial charge in [-0.15, -0.1) is 0 Å². The molecule has 0 radical (unpaired) electrons. The molecule has 2 aromatic rings. The predicted molar refractivity (Wildman–Crippen MR) is 134 cm³/mol. The highest BCUT2D eigenvalue weighted by molar-refractivity contribution is 5.82. The van der Waals surface area contributed by atoms with Crippen LogP contribution in [-0.4, -0.2) is 69.3 Å².